The molecule has 5 heteroatoms. The van der Waals surface area contributed by atoms with Gasteiger partial charge in [0.1, 0.15) is 0 Å². The number of hydrogen-bond donors (Lipinski definition) is 0. The summed E-state index contributed by atoms with van der Waals surface area (Å²) in [6.45, 7) is 0.397. The average molecular weight is 291 g/mol. The van der Waals surface area contributed by atoms with Crippen molar-refractivity contribution in [1.82, 2.24) is 9.47 Å². The summed E-state index contributed by atoms with van der Waals surface area (Å²) in [5.41, 5.74) is 1.04. The number of aryl methyl sites for hydroxylation is 1. The molecular weight excluding hydrogens is 276 g/mol. The van der Waals surface area contributed by atoms with Gasteiger partial charge in [-0.15, -0.1) is 0 Å². The van der Waals surface area contributed by atoms with Gasteiger partial charge in [-0.1, -0.05) is 29.8 Å². The fourth-order valence-electron chi connectivity index (χ4n) is 1.86. The highest BCUT2D eigenvalue weighted by atomic mass is 35.5. The second-order valence-electron chi connectivity index (χ2n) is 4.62. The monoisotopic (exact) mass is 290 g/mol. The molecule has 0 spiro atoms. The quantitative estimate of drug-likeness (QED) is 0.870. The highest BCUT2D eigenvalue weighted by Crippen LogP contribution is 2.17. The van der Waals surface area contributed by atoms with E-state index in [1.807, 2.05) is 18.2 Å². The van der Waals surface area contributed by atoms with E-state index in [2.05, 4.69) is 0 Å². The number of nitrogens with zero attached hydrogens (tertiary/aromatic N) is 2. The molecular formula is C15H15ClN2O2. The van der Waals surface area contributed by atoms with Crippen molar-refractivity contribution in [1.29, 1.82) is 0 Å². The van der Waals surface area contributed by atoms with E-state index in [-0.39, 0.29) is 11.5 Å². The van der Waals surface area contributed by atoms with Crippen LogP contribution in [-0.2, 0) is 13.6 Å². The minimum atomic E-state index is -0.206. The van der Waals surface area contributed by atoms with Gasteiger partial charge in [0.2, 0.25) is 0 Å². The van der Waals surface area contributed by atoms with Crippen LogP contribution in [0.4, 0.5) is 0 Å². The molecule has 4 nitrogen and oxygen atoms in total. The van der Waals surface area contributed by atoms with Gasteiger partial charge in [-0.3, -0.25) is 9.59 Å². The van der Waals surface area contributed by atoms with Crippen molar-refractivity contribution in [2.75, 3.05) is 7.05 Å². The number of halogens is 1. The molecule has 1 aromatic heterocycles. The number of pyridine rings is 1. The maximum absolute atomic E-state index is 12.3. The van der Waals surface area contributed by atoms with Crippen LogP contribution in [-0.4, -0.2) is 22.4 Å². The molecule has 0 unspecified atom stereocenters. The predicted octanol–water partition coefficient (Wildman–Crippen LogP) is 2.31. The van der Waals surface area contributed by atoms with Crippen LogP contribution in [0, 0.1) is 0 Å². The van der Waals surface area contributed by atoms with Gasteiger partial charge in [0.25, 0.3) is 11.5 Å². The van der Waals surface area contributed by atoms with E-state index in [4.69, 9.17) is 11.6 Å². The fourth-order valence-corrected chi connectivity index (χ4v) is 2.05. The summed E-state index contributed by atoms with van der Waals surface area (Å²) in [7, 11) is 3.33. The molecule has 2 rings (SSSR count). The number of carbonyl (C=O) groups is 1. The first kappa shape index (κ1) is 14.3. The molecule has 0 fully saturated rings. The van der Waals surface area contributed by atoms with Crippen LogP contribution >= 0.6 is 11.6 Å². The second-order valence-corrected chi connectivity index (χ2v) is 5.02. The average Bonchev–Trinajstić information content (AvgIpc) is 2.43. The van der Waals surface area contributed by atoms with Gasteiger partial charge in [-0.25, -0.2) is 0 Å². The molecule has 1 aromatic carbocycles. The largest absolute Gasteiger partial charge is 0.337 e. The van der Waals surface area contributed by atoms with Crippen LogP contribution in [0.1, 0.15) is 15.9 Å². The number of rotatable bonds is 3. The van der Waals surface area contributed by atoms with Crippen molar-refractivity contribution in [3.63, 3.8) is 0 Å². The number of aromatic nitrogens is 1. The van der Waals surface area contributed by atoms with Crippen LogP contribution in [0.5, 0.6) is 0 Å². The Bertz CT molecular complexity index is 694. The first-order valence-corrected chi connectivity index (χ1v) is 6.52. The molecule has 0 aliphatic rings. The summed E-state index contributed by atoms with van der Waals surface area (Å²) < 4.78 is 1.42. The molecule has 0 aliphatic carbocycles. The summed E-state index contributed by atoms with van der Waals surface area (Å²) in [4.78, 5) is 25.3. The standard InChI is InChI=1S/C15H15ClN2O2/c1-17-8-7-11(9-14(17)19)15(20)18(2)10-12-5-3-4-6-13(12)16/h3-9H,10H2,1-2H3. The van der Waals surface area contributed by atoms with E-state index in [9.17, 15) is 9.59 Å². The molecule has 104 valence electrons. The molecule has 0 aliphatic heterocycles. The maximum Gasteiger partial charge on any atom is 0.254 e. The Morgan fingerprint density at radius 2 is 2.00 bits per heavy atom. The third kappa shape index (κ3) is 3.08. The van der Waals surface area contributed by atoms with Crippen molar-refractivity contribution in [3.05, 3.63) is 69.1 Å². The van der Waals surface area contributed by atoms with Crippen molar-refractivity contribution in [2.45, 2.75) is 6.54 Å². The minimum absolute atomic E-state index is 0.206. The van der Waals surface area contributed by atoms with E-state index in [0.717, 1.165) is 5.56 Å². The summed E-state index contributed by atoms with van der Waals surface area (Å²) in [5.74, 6) is -0.206. The highest BCUT2D eigenvalue weighted by Gasteiger charge is 2.13. The van der Waals surface area contributed by atoms with Crippen LogP contribution in [0.25, 0.3) is 0 Å². The second kappa shape index (κ2) is 5.92. The minimum Gasteiger partial charge on any atom is -0.337 e. The summed E-state index contributed by atoms with van der Waals surface area (Å²) >= 11 is 6.07. The van der Waals surface area contributed by atoms with E-state index in [0.29, 0.717) is 17.1 Å². The molecule has 1 heterocycles. The third-order valence-corrected chi connectivity index (χ3v) is 3.43. The van der Waals surface area contributed by atoms with Crippen molar-refractivity contribution >= 4 is 17.5 Å². The van der Waals surface area contributed by atoms with E-state index in [1.165, 1.54) is 15.5 Å². The van der Waals surface area contributed by atoms with Crippen LogP contribution in [0.3, 0.4) is 0 Å². The number of carbonyl (C=O) groups excluding carboxylic acids is 1. The lowest BCUT2D eigenvalue weighted by molar-refractivity contribution is 0.0785. The maximum atomic E-state index is 12.3. The van der Waals surface area contributed by atoms with Gasteiger partial charge >= 0.3 is 0 Å². The van der Waals surface area contributed by atoms with Crippen LogP contribution < -0.4 is 5.56 Å². The van der Waals surface area contributed by atoms with Gasteiger partial charge in [0, 0.05) is 43.5 Å². The molecule has 20 heavy (non-hydrogen) atoms. The molecule has 0 saturated heterocycles. The zero-order valence-corrected chi connectivity index (χ0v) is 12.1. The topological polar surface area (TPSA) is 42.3 Å². The Morgan fingerprint density at radius 1 is 1.30 bits per heavy atom. The fraction of sp³-hybridized carbons (Fsp3) is 0.200. The molecule has 0 radical (unpaired) electrons. The molecule has 0 atom stereocenters. The molecule has 0 N–H and O–H groups in total. The van der Waals surface area contributed by atoms with Gasteiger partial charge < -0.3 is 9.47 Å². The van der Waals surface area contributed by atoms with E-state index in [1.54, 1.807) is 32.4 Å². The summed E-state index contributed by atoms with van der Waals surface area (Å²) in [6.07, 6.45) is 1.58. The highest BCUT2D eigenvalue weighted by molar-refractivity contribution is 6.31. The Kier molecular flexibility index (Phi) is 4.25. The van der Waals surface area contributed by atoms with Crippen LogP contribution in [0.15, 0.2) is 47.4 Å². The number of hydrogen-bond acceptors (Lipinski definition) is 2. The molecule has 1 amide bonds. The van der Waals surface area contributed by atoms with Gasteiger partial charge in [0.15, 0.2) is 0 Å². The zero-order chi connectivity index (χ0) is 14.7. The van der Waals surface area contributed by atoms with Crippen molar-refractivity contribution < 1.29 is 4.79 Å². The Balaban J connectivity index is 2.18. The lowest BCUT2D eigenvalue weighted by atomic mass is 10.2. The van der Waals surface area contributed by atoms with E-state index >= 15 is 0 Å². The van der Waals surface area contributed by atoms with Crippen molar-refractivity contribution in [2.24, 2.45) is 7.05 Å². The van der Waals surface area contributed by atoms with Gasteiger partial charge in [-0.2, -0.15) is 0 Å². The number of benzene rings is 1. The lowest BCUT2D eigenvalue weighted by Gasteiger charge is -2.18. The first-order chi connectivity index (χ1) is 9.49. The van der Waals surface area contributed by atoms with Crippen molar-refractivity contribution in [3.8, 4) is 0 Å². The normalized spacial score (nSPS) is 10.3. The SMILES string of the molecule is CN(Cc1ccccc1Cl)C(=O)c1ccn(C)c(=O)c1. The Labute approximate surface area is 122 Å². The molecule has 0 bridgehead atoms. The van der Waals surface area contributed by atoms with E-state index < -0.39 is 0 Å². The Hall–Kier alpha value is -2.07. The number of amides is 1. The van der Waals surface area contributed by atoms with Gasteiger partial charge in [-0.05, 0) is 17.7 Å². The van der Waals surface area contributed by atoms with Crippen LogP contribution in [0.2, 0.25) is 5.02 Å². The predicted molar refractivity (Wildman–Crippen MR) is 78.9 cm³/mol. The Morgan fingerprint density at radius 3 is 2.65 bits per heavy atom. The smallest absolute Gasteiger partial charge is 0.254 e. The first-order valence-electron chi connectivity index (χ1n) is 6.14. The van der Waals surface area contributed by atoms with Gasteiger partial charge in [0.05, 0.1) is 0 Å². The molecule has 0 saturated carbocycles. The summed E-state index contributed by atoms with van der Waals surface area (Å²) in [5, 5.41) is 0.621. The lowest BCUT2D eigenvalue weighted by Crippen LogP contribution is -2.28. The zero-order valence-electron chi connectivity index (χ0n) is 11.3. The third-order valence-electron chi connectivity index (χ3n) is 3.06. The summed E-state index contributed by atoms with van der Waals surface area (Å²) in [6, 6.07) is 10.3. The molecule has 2 aromatic rings.